The van der Waals surface area contributed by atoms with Crippen LogP contribution >= 0.6 is 0 Å². The molecule has 0 unspecified atom stereocenters. The molecule has 0 aromatic rings. The lowest BCUT2D eigenvalue weighted by molar-refractivity contribution is -0.167. The second kappa shape index (κ2) is 44.0. The van der Waals surface area contributed by atoms with Gasteiger partial charge in [0.2, 0.25) is 0 Å². The molecule has 0 fully saturated rings. The molecule has 0 N–H and O–H groups in total. The van der Waals surface area contributed by atoms with Crippen molar-refractivity contribution >= 4 is 17.9 Å². The number of ether oxygens (including phenoxy) is 3. The first kappa shape index (κ1) is 55.4. The molecule has 0 heterocycles. The van der Waals surface area contributed by atoms with Crippen molar-refractivity contribution in [2.75, 3.05) is 13.2 Å². The lowest BCUT2D eigenvalue weighted by atomic mass is 10.0. The van der Waals surface area contributed by atoms with E-state index in [0.717, 1.165) is 69.6 Å². The van der Waals surface area contributed by atoms with Gasteiger partial charge in [0.15, 0.2) is 6.10 Å². The maximum absolute atomic E-state index is 12.8. The molecule has 6 heteroatoms. The van der Waals surface area contributed by atoms with Crippen molar-refractivity contribution in [2.45, 2.75) is 285 Å². The second-order valence-electron chi connectivity index (χ2n) is 18.4. The minimum absolute atomic E-state index is 0.0639. The largest absolute Gasteiger partial charge is 0.462 e. The SMILES string of the molecule is CCCCCCCCCCCC(=O)OC[C@@H](COC(=O)CCCCCCCCCCCCCCCC(C)C)OC(=O)CCCCCCCCCCCCCC(C)C. The van der Waals surface area contributed by atoms with Crippen LogP contribution in [0.15, 0.2) is 0 Å². The Morgan fingerprint density at radius 3 is 0.860 bits per heavy atom. The third-order valence-corrected chi connectivity index (χ3v) is 11.5. The van der Waals surface area contributed by atoms with E-state index in [9.17, 15) is 14.4 Å². The van der Waals surface area contributed by atoms with Gasteiger partial charge in [0.05, 0.1) is 0 Å². The van der Waals surface area contributed by atoms with Gasteiger partial charge in [0.1, 0.15) is 13.2 Å². The number of carbonyl (C=O) groups excluding carboxylic acids is 3. The van der Waals surface area contributed by atoms with E-state index in [4.69, 9.17) is 14.2 Å². The van der Waals surface area contributed by atoms with Crippen molar-refractivity contribution < 1.29 is 28.6 Å². The fourth-order valence-electron chi connectivity index (χ4n) is 7.64. The summed E-state index contributed by atoms with van der Waals surface area (Å²) >= 11 is 0. The van der Waals surface area contributed by atoms with Gasteiger partial charge < -0.3 is 14.2 Å². The highest BCUT2D eigenvalue weighted by Gasteiger charge is 2.19. The lowest BCUT2D eigenvalue weighted by Gasteiger charge is -2.18. The van der Waals surface area contributed by atoms with Crippen molar-refractivity contribution in [1.82, 2.24) is 0 Å². The van der Waals surface area contributed by atoms with Crippen LogP contribution in [0, 0.1) is 11.8 Å². The number of unbranched alkanes of at least 4 members (excludes halogenated alkanes) is 30. The van der Waals surface area contributed by atoms with E-state index >= 15 is 0 Å². The highest BCUT2D eigenvalue weighted by Crippen LogP contribution is 2.17. The van der Waals surface area contributed by atoms with Crippen molar-refractivity contribution in [3.8, 4) is 0 Å². The first-order valence-electron chi connectivity index (χ1n) is 25.2. The number of hydrogen-bond donors (Lipinski definition) is 0. The molecule has 0 amide bonds. The molecular weight excluding hydrogens is 709 g/mol. The first-order chi connectivity index (χ1) is 27.7. The summed E-state index contributed by atoms with van der Waals surface area (Å²) in [6.07, 6.45) is 43.7. The first-order valence-corrected chi connectivity index (χ1v) is 25.2. The third kappa shape index (κ3) is 45.3. The van der Waals surface area contributed by atoms with Crippen LogP contribution in [0.25, 0.3) is 0 Å². The molecule has 0 aliphatic heterocycles. The van der Waals surface area contributed by atoms with E-state index in [0.29, 0.717) is 19.3 Å². The van der Waals surface area contributed by atoms with E-state index < -0.39 is 6.10 Å². The molecule has 0 saturated heterocycles. The fraction of sp³-hybridized carbons (Fsp3) is 0.941. The summed E-state index contributed by atoms with van der Waals surface area (Å²) in [6.45, 7) is 11.4. The molecule has 1 atom stereocenters. The van der Waals surface area contributed by atoms with E-state index in [2.05, 4.69) is 34.6 Å². The smallest absolute Gasteiger partial charge is 0.306 e. The molecule has 0 spiro atoms. The standard InChI is InChI=1S/C51H98O6/c1-6-7-8-9-10-19-26-31-36-41-49(52)55-44-48(57-51(54)43-38-33-28-23-18-14-16-21-25-30-35-40-47(4)5)45-56-50(53)42-37-32-27-22-17-13-11-12-15-20-24-29-34-39-46(2)3/h46-48H,6-45H2,1-5H3/t48-/m0/s1. The molecule has 0 aromatic heterocycles. The summed E-state index contributed by atoms with van der Waals surface area (Å²) < 4.78 is 16.8. The molecule has 57 heavy (non-hydrogen) atoms. The predicted octanol–water partition coefficient (Wildman–Crippen LogP) is 16.1. The molecule has 0 aliphatic rings. The molecule has 0 aromatic carbocycles. The van der Waals surface area contributed by atoms with E-state index in [1.165, 1.54) is 167 Å². The van der Waals surface area contributed by atoms with Crippen molar-refractivity contribution in [1.29, 1.82) is 0 Å². The van der Waals surface area contributed by atoms with Gasteiger partial charge in [-0.2, -0.15) is 0 Å². The lowest BCUT2D eigenvalue weighted by Crippen LogP contribution is -2.30. The molecule has 0 rings (SSSR count). The van der Waals surface area contributed by atoms with Crippen LogP contribution in [0.2, 0.25) is 0 Å². The van der Waals surface area contributed by atoms with Crippen LogP contribution in [-0.2, 0) is 28.6 Å². The van der Waals surface area contributed by atoms with Gasteiger partial charge in [-0.3, -0.25) is 14.4 Å². The van der Waals surface area contributed by atoms with Gasteiger partial charge in [-0.05, 0) is 31.1 Å². The van der Waals surface area contributed by atoms with Crippen molar-refractivity contribution in [3.63, 3.8) is 0 Å². The number of carbonyl (C=O) groups is 3. The summed E-state index contributed by atoms with van der Waals surface area (Å²) in [5, 5.41) is 0. The van der Waals surface area contributed by atoms with Gasteiger partial charge in [-0.1, -0.05) is 240 Å². The molecule has 0 bridgehead atoms. The molecular formula is C51H98O6. The van der Waals surface area contributed by atoms with Gasteiger partial charge in [-0.15, -0.1) is 0 Å². The minimum Gasteiger partial charge on any atom is -0.462 e. The normalized spacial score (nSPS) is 12.1. The zero-order chi connectivity index (χ0) is 41.9. The van der Waals surface area contributed by atoms with Crippen LogP contribution < -0.4 is 0 Å². The van der Waals surface area contributed by atoms with Gasteiger partial charge in [0.25, 0.3) is 0 Å². The van der Waals surface area contributed by atoms with Crippen LogP contribution in [0.5, 0.6) is 0 Å². The summed E-state index contributed by atoms with van der Waals surface area (Å²) in [7, 11) is 0. The number of hydrogen-bond acceptors (Lipinski definition) is 6. The minimum atomic E-state index is -0.760. The molecule has 338 valence electrons. The number of rotatable bonds is 45. The highest BCUT2D eigenvalue weighted by molar-refractivity contribution is 5.71. The van der Waals surface area contributed by atoms with E-state index in [-0.39, 0.29) is 31.1 Å². The highest BCUT2D eigenvalue weighted by atomic mass is 16.6. The average Bonchev–Trinajstić information content (AvgIpc) is 3.18. The van der Waals surface area contributed by atoms with Crippen LogP contribution in [0.4, 0.5) is 0 Å². The molecule has 0 saturated carbocycles. The Balaban J connectivity index is 4.27. The Labute approximate surface area is 355 Å². The molecule has 0 radical (unpaired) electrons. The second-order valence-corrected chi connectivity index (χ2v) is 18.4. The van der Waals surface area contributed by atoms with Crippen molar-refractivity contribution in [3.05, 3.63) is 0 Å². The summed E-state index contributed by atoms with van der Waals surface area (Å²) in [6, 6.07) is 0. The fourth-order valence-corrected chi connectivity index (χ4v) is 7.64. The summed E-state index contributed by atoms with van der Waals surface area (Å²) in [5.41, 5.74) is 0. The third-order valence-electron chi connectivity index (χ3n) is 11.5. The molecule has 0 aliphatic carbocycles. The van der Waals surface area contributed by atoms with Crippen LogP contribution in [0.3, 0.4) is 0 Å². The Morgan fingerprint density at radius 2 is 0.579 bits per heavy atom. The summed E-state index contributed by atoms with van der Waals surface area (Å²) in [5.74, 6) is 0.813. The van der Waals surface area contributed by atoms with Gasteiger partial charge >= 0.3 is 17.9 Å². The maximum Gasteiger partial charge on any atom is 0.306 e. The van der Waals surface area contributed by atoms with Crippen molar-refractivity contribution in [2.24, 2.45) is 11.8 Å². The van der Waals surface area contributed by atoms with Crippen LogP contribution in [-0.4, -0.2) is 37.2 Å². The zero-order valence-electron chi connectivity index (χ0n) is 39.0. The quantitative estimate of drug-likeness (QED) is 0.0346. The van der Waals surface area contributed by atoms with Gasteiger partial charge in [-0.25, -0.2) is 0 Å². The zero-order valence-corrected chi connectivity index (χ0v) is 39.0. The van der Waals surface area contributed by atoms with Gasteiger partial charge in [0, 0.05) is 19.3 Å². The maximum atomic E-state index is 12.8. The summed E-state index contributed by atoms with van der Waals surface area (Å²) in [4.78, 5) is 37.8. The number of esters is 3. The predicted molar refractivity (Wildman–Crippen MR) is 243 cm³/mol. The topological polar surface area (TPSA) is 78.9 Å². The average molecular weight is 807 g/mol. The van der Waals surface area contributed by atoms with E-state index in [1.54, 1.807) is 0 Å². The Hall–Kier alpha value is -1.59. The monoisotopic (exact) mass is 807 g/mol. The molecule has 6 nitrogen and oxygen atoms in total. The Kier molecular flexibility index (Phi) is 42.7. The Bertz CT molecular complexity index is 870. The Morgan fingerprint density at radius 1 is 0.333 bits per heavy atom. The van der Waals surface area contributed by atoms with Crippen LogP contribution in [0.1, 0.15) is 279 Å². The van der Waals surface area contributed by atoms with E-state index in [1.807, 2.05) is 0 Å².